The van der Waals surface area contributed by atoms with Crippen LogP contribution < -0.4 is 5.32 Å². The third-order valence-corrected chi connectivity index (χ3v) is 4.02. The Hall–Kier alpha value is -1.03. The second-order valence-corrected chi connectivity index (χ2v) is 5.83. The largest absolute Gasteiger partial charge is 0.317 e. The van der Waals surface area contributed by atoms with Gasteiger partial charge in [-0.1, -0.05) is 29.3 Å². The van der Waals surface area contributed by atoms with Gasteiger partial charge in [-0.3, -0.25) is 4.68 Å². The van der Waals surface area contributed by atoms with Gasteiger partial charge in [0.2, 0.25) is 0 Å². The van der Waals surface area contributed by atoms with Gasteiger partial charge >= 0.3 is 0 Å². The molecule has 0 radical (unpaired) electrons. The summed E-state index contributed by atoms with van der Waals surface area (Å²) in [4.78, 5) is 0. The maximum Gasteiger partial charge on any atom is 0.0521 e. The van der Waals surface area contributed by atoms with E-state index in [9.17, 15) is 0 Å². The number of benzene rings is 1. The van der Waals surface area contributed by atoms with Gasteiger partial charge in [-0.05, 0) is 49.6 Å². The number of hydrogen-bond donors (Lipinski definition) is 1. The number of halogens is 2. The molecule has 1 aromatic heterocycles. The molecule has 0 bridgehead atoms. The van der Waals surface area contributed by atoms with Crippen LogP contribution in [0.2, 0.25) is 10.0 Å². The first-order valence-electron chi connectivity index (χ1n) is 6.67. The van der Waals surface area contributed by atoms with Crippen molar-refractivity contribution in [3.63, 3.8) is 0 Å². The molecule has 0 aliphatic rings. The van der Waals surface area contributed by atoms with Crippen LogP contribution in [0.15, 0.2) is 30.6 Å². The number of aromatic nitrogens is 2. The fraction of sp³-hybridized carbons (Fsp3) is 0.400. The molecule has 0 fully saturated rings. The van der Waals surface area contributed by atoms with Crippen molar-refractivity contribution in [2.45, 2.75) is 25.3 Å². The third kappa shape index (κ3) is 4.23. The Bertz CT molecular complexity index is 566. The van der Waals surface area contributed by atoms with Crippen LogP contribution in [0.5, 0.6) is 0 Å². The molecule has 0 amide bonds. The Balaban J connectivity index is 1.94. The molecular weight excluding hydrogens is 293 g/mol. The van der Waals surface area contributed by atoms with Crippen molar-refractivity contribution in [1.82, 2.24) is 15.1 Å². The number of nitrogens with zero attached hydrogens (tertiary/aromatic N) is 2. The Morgan fingerprint density at radius 2 is 2.15 bits per heavy atom. The van der Waals surface area contributed by atoms with Crippen molar-refractivity contribution < 1.29 is 0 Å². The number of aryl methyl sites for hydroxylation is 2. The predicted octanol–water partition coefficient (Wildman–Crippen LogP) is 3.49. The fourth-order valence-electron chi connectivity index (χ4n) is 2.24. The highest BCUT2D eigenvalue weighted by Crippen LogP contribution is 2.22. The van der Waals surface area contributed by atoms with Crippen molar-refractivity contribution in [3.05, 3.63) is 51.8 Å². The fourth-order valence-corrected chi connectivity index (χ4v) is 2.73. The zero-order valence-electron chi connectivity index (χ0n) is 11.7. The van der Waals surface area contributed by atoms with Crippen LogP contribution in [-0.4, -0.2) is 22.9 Å². The molecule has 20 heavy (non-hydrogen) atoms. The van der Waals surface area contributed by atoms with E-state index in [1.165, 1.54) is 5.56 Å². The van der Waals surface area contributed by atoms with Crippen molar-refractivity contribution in [2.75, 3.05) is 7.05 Å². The van der Waals surface area contributed by atoms with Crippen LogP contribution in [0.4, 0.5) is 0 Å². The van der Waals surface area contributed by atoms with Crippen LogP contribution in [0.25, 0.3) is 0 Å². The molecule has 0 spiro atoms. The monoisotopic (exact) mass is 311 g/mol. The summed E-state index contributed by atoms with van der Waals surface area (Å²) in [5.41, 5.74) is 2.39. The molecule has 2 aromatic rings. The topological polar surface area (TPSA) is 29.9 Å². The standard InChI is InChI=1S/C15H19Cl2N3/c1-18-14(6-3-11-9-19-20(2)10-11)7-12-4-5-13(16)8-15(12)17/h4-5,8-10,14,18H,3,6-7H2,1-2H3. The summed E-state index contributed by atoms with van der Waals surface area (Å²) in [6.07, 6.45) is 6.92. The molecule has 1 N–H and O–H groups in total. The first-order valence-corrected chi connectivity index (χ1v) is 7.43. The van der Waals surface area contributed by atoms with Gasteiger partial charge in [0.15, 0.2) is 0 Å². The van der Waals surface area contributed by atoms with Gasteiger partial charge in [0, 0.05) is 29.3 Å². The summed E-state index contributed by atoms with van der Waals surface area (Å²) in [5, 5.41) is 8.95. The molecule has 0 aliphatic carbocycles. The minimum absolute atomic E-state index is 0.383. The van der Waals surface area contributed by atoms with Crippen molar-refractivity contribution >= 4 is 23.2 Å². The second kappa shape index (κ2) is 7.11. The summed E-state index contributed by atoms with van der Waals surface area (Å²) in [6.45, 7) is 0. The van der Waals surface area contributed by atoms with Crippen LogP contribution in [0.1, 0.15) is 17.5 Å². The van der Waals surface area contributed by atoms with E-state index in [2.05, 4.69) is 16.6 Å². The van der Waals surface area contributed by atoms with Gasteiger partial charge in [-0.15, -0.1) is 0 Å². The molecule has 0 aliphatic heterocycles. The van der Waals surface area contributed by atoms with E-state index in [4.69, 9.17) is 23.2 Å². The zero-order valence-corrected chi connectivity index (χ0v) is 13.2. The first kappa shape index (κ1) is 15.4. The lowest BCUT2D eigenvalue weighted by atomic mass is 10.0. The molecule has 1 aromatic carbocycles. The van der Waals surface area contributed by atoms with Gasteiger partial charge in [0.05, 0.1) is 6.20 Å². The molecule has 3 nitrogen and oxygen atoms in total. The van der Waals surface area contributed by atoms with E-state index in [1.54, 1.807) is 6.07 Å². The van der Waals surface area contributed by atoms with E-state index < -0.39 is 0 Å². The van der Waals surface area contributed by atoms with Crippen LogP contribution in [-0.2, 0) is 19.9 Å². The average molecular weight is 312 g/mol. The Morgan fingerprint density at radius 1 is 1.35 bits per heavy atom. The van der Waals surface area contributed by atoms with Gasteiger partial charge in [-0.2, -0.15) is 5.10 Å². The SMILES string of the molecule is CNC(CCc1cnn(C)c1)Cc1ccc(Cl)cc1Cl. The minimum atomic E-state index is 0.383. The maximum absolute atomic E-state index is 6.23. The van der Waals surface area contributed by atoms with Crippen LogP contribution in [0.3, 0.4) is 0 Å². The number of rotatable bonds is 6. The molecule has 0 saturated carbocycles. The lowest BCUT2D eigenvalue weighted by molar-refractivity contribution is 0.520. The highest BCUT2D eigenvalue weighted by atomic mass is 35.5. The summed E-state index contributed by atoms with van der Waals surface area (Å²) < 4.78 is 1.83. The van der Waals surface area contributed by atoms with Gasteiger partial charge in [0.1, 0.15) is 0 Å². The highest BCUT2D eigenvalue weighted by molar-refractivity contribution is 6.35. The maximum atomic E-state index is 6.23. The Labute approximate surface area is 129 Å². The predicted molar refractivity (Wildman–Crippen MR) is 84.5 cm³/mol. The minimum Gasteiger partial charge on any atom is -0.317 e. The number of hydrogen-bond acceptors (Lipinski definition) is 2. The third-order valence-electron chi connectivity index (χ3n) is 3.43. The molecule has 1 atom stereocenters. The van der Waals surface area contributed by atoms with Gasteiger partial charge in [-0.25, -0.2) is 0 Å². The normalized spacial score (nSPS) is 12.6. The van der Waals surface area contributed by atoms with E-state index in [0.29, 0.717) is 11.1 Å². The summed E-state index contributed by atoms with van der Waals surface area (Å²) in [6, 6.07) is 6.07. The van der Waals surface area contributed by atoms with E-state index >= 15 is 0 Å². The van der Waals surface area contributed by atoms with E-state index in [0.717, 1.165) is 29.8 Å². The van der Waals surface area contributed by atoms with Gasteiger partial charge < -0.3 is 5.32 Å². The van der Waals surface area contributed by atoms with E-state index in [1.807, 2.05) is 37.1 Å². The highest BCUT2D eigenvalue weighted by Gasteiger charge is 2.11. The molecule has 5 heteroatoms. The Kier molecular flexibility index (Phi) is 5.46. The summed E-state index contributed by atoms with van der Waals surface area (Å²) in [7, 11) is 3.92. The lowest BCUT2D eigenvalue weighted by Gasteiger charge is -2.16. The van der Waals surface area contributed by atoms with Gasteiger partial charge in [0.25, 0.3) is 0 Å². The number of nitrogens with one attached hydrogen (secondary N) is 1. The smallest absolute Gasteiger partial charge is 0.0521 e. The van der Waals surface area contributed by atoms with Crippen molar-refractivity contribution in [3.8, 4) is 0 Å². The van der Waals surface area contributed by atoms with Crippen molar-refractivity contribution in [2.24, 2.45) is 7.05 Å². The molecule has 2 rings (SSSR count). The molecular formula is C15H19Cl2N3. The molecule has 108 valence electrons. The van der Waals surface area contributed by atoms with Crippen molar-refractivity contribution in [1.29, 1.82) is 0 Å². The second-order valence-electron chi connectivity index (χ2n) is 4.99. The summed E-state index contributed by atoms with van der Waals surface area (Å²) in [5.74, 6) is 0. The van der Waals surface area contributed by atoms with Crippen LogP contribution in [0, 0.1) is 0 Å². The van der Waals surface area contributed by atoms with E-state index in [-0.39, 0.29) is 0 Å². The molecule has 1 unspecified atom stereocenters. The summed E-state index contributed by atoms with van der Waals surface area (Å²) >= 11 is 12.1. The van der Waals surface area contributed by atoms with Crippen LogP contribution >= 0.6 is 23.2 Å². The molecule has 1 heterocycles. The quantitative estimate of drug-likeness (QED) is 0.885. The Morgan fingerprint density at radius 3 is 2.75 bits per heavy atom. The first-order chi connectivity index (χ1) is 9.58. The number of likely N-dealkylation sites (N-methyl/N-ethyl adjacent to an activating group) is 1. The zero-order chi connectivity index (χ0) is 14.5. The average Bonchev–Trinajstić information content (AvgIpc) is 2.82. The lowest BCUT2D eigenvalue weighted by Crippen LogP contribution is -2.28. The molecule has 0 saturated heterocycles.